The molecule has 160 valence electrons. The van der Waals surface area contributed by atoms with Gasteiger partial charge in [0.1, 0.15) is 17.5 Å². The van der Waals surface area contributed by atoms with Gasteiger partial charge < -0.3 is 15.4 Å². The van der Waals surface area contributed by atoms with Crippen molar-refractivity contribution in [1.29, 1.82) is 0 Å². The van der Waals surface area contributed by atoms with E-state index in [1.807, 2.05) is 13.2 Å². The van der Waals surface area contributed by atoms with Crippen LogP contribution in [-0.2, 0) is 11.3 Å². The maximum absolute atomic E-state index is 13.7. The Labute approximate surface area is 176 Å². The normalized spacial score (nSPS) is 11.1. The number of fused-ring (bicyclic) bond motifs is 1. The maximum Gasteiger partial charge on any atom is 0.254 e. The molecule has 0 spiro atoms. The number of amides is 1. The summed E-state index contributed by atoms with van der Waals surface area (Å²) in [4.78, 5) is 21.1. The van der Waals surface area contributed by atoms with Crippen molar-refractivity contribution in [2.75, 3.05) is 37.9 Å². The molecule has 11 heteroatoms. The van der Waals surface area contributed by atoms with Gasteiger partial charge in [-0.25, -0.2) is 23.4 Å². The van der Waals surface area contributed by atoms with E-state index in [2.05, 4.69) is 25.7 Å². The van der Waals surface area contributed by atoms with Crippen molar-refractivity contribution in [1.82, 2.24) is 25.1 Å². The number of ether oxygens (including phenoxy) is 1. The molecule has 2 aromatic heterocycles. The first-order chi connectivity index (χ1) is 14.5. The first-order valence-electron chi connectivity index (χ1n) is 9.36. The third-order valence-electron chi connectivity index (χ3n) is 4.19. The van der Waals surface area contributed by atoms with Gasteiger partial charge in [0.15, 0.2) is 10.8 Å². The molecule has 30 heavy (non-hydrogen) atoms. The van der Waals surface area contributed by atoms with Crippen LogP contribution < -0.4 is 10.6 Å². The number of benzene rings is 1. The van der Waals surface area contributed by atoms with Crippen molar-refractivity contribution < 1.29 is 18.3 Å². The Morgan fingerprint density at radius 1 is 1.27 bits per heavy atom. The van der Waals surface area contributed by atoms with Crippen LogP contribution in [0.25, 0.3) is 11.0 Å². The summed E-state index contributed by atoms with van der Waals surface area (Å²) >= 11 is 1.41. The zero-order valence-corrected chi connectivity index (χ0v) is 17.4. The van der Waals surface area contributed by atoms with E-state index in [0.717, 1.165) is 17.5 Å². The summed E-state index contributed by atoms with van der Waals surface area (Å²) < 4.78 is 33.7. The smallest absolute Gasteiger partial charge is 0.254 e. The largest absolute Gasteiger partial charge is 0.380 e. The van der Waals surface area contributed by atoms with Crippen molar-refractivity contribution >= 4 is 34.5 Å². The summed E-state index contributed by atoms with van der Waals surface area (Å²) in [6.45, 7) is 4.23. The zero-order valence-electron chi connectivity index (χ0n) is 16.6. The van der Waals surface area contributed by atoms with E-state index < -0.39 is 17.5 Å². The lowest BCUT2D eigenvalue weighted by Crippen LogP contribution is -2.28. The molecule has 2 N–H and O–H groups in total. The van der Waals surface area contributed by atoms with Gasteiger partial charge in [-0.15, -0.1) is 0 Å². The lowest BCUT2D eigenvalue weighted by atomic mass is 10.2. The highest BCUT2D eigenvalue weighted by molar-refractivity contribution is 7.98. The van der Waals surface area contributed by atoms with Crippen molar-refractivity contribution in [3.05, 3.63) is 41.6 Å². The van der Waals surface area contributed by atoms with Gasteiger partial charge in [-0.05, 0) is 25.3 Å². The quantitative estimate of drug-likeness (QED) is 0.287. The molecule has 0 aliphatic carbocycles. The van der Waals surface area contributed by atoms with E-state index in [4.69, 9.17) is 4.74 Å². The minimum absolute atomic E-state index is 0.193. The molecule has 3 rings (SSSR count). The Balaban J connectivity index is 1.69. The lowest BCUT2D eigenvalue weighted by molar-refractivity contribution is 0.0948. The second-order valence-electron chi connectivity index (χ2n) is 6.17. The molecule has 0 aliphatic rings. The topological polar surface area (TPSA) is 94.0 Å². The van der Waals surface area contributed by atoms with E-state index in [0.29, 0.717) is 49.0 Å². The van der Waals surface area contributed by atoms with Crippen LogP contribution in [0.15, 0.2) is 29.6 Å². The molecular formula is C19H22F2N6O2S. The highest BCUT2D eigenvalue weighted by Crippen LogP contribution is 2.23. The minimum atomic E-state index is -0.905. The number of anilines is 1. The van der Waals surface area contributed by atoms with Gasteiger partial charge in [0.05, 0.1) is 30.3 Å². The first-order valence-corrected chi connectivity index (χ1v) is 10.6. The summed E-state index contributed by atoms with van der Waals surface area (Å²) in [5.41, 5.74) is 0.407. The monoisotopic (exact) mass is 436 g/mol. The number of nitrogens with zero attached hydrogens (tertiary/aromatic N) is 4. The highest BCUT2D eigenvalue weighted by Gasteiger charge is 2.14. The molecule has 0 atom stereocenters. The molecule has 0 unspecified atom stereocenters. The fourth-order valence-corrected chi connectivity index (χ4v) is 3.12. The Hall–Kier alpha value is -2.79. The Morgan fingerprint density at radius 2 is 2.10 bits per heavy atom. The third-order valence-corrected chi connectivity index (χ3v) is 4.73. The number of nitrogens with one attached hydrogen (secondary N) is 2. The standard InChI is InChI=1S/C19H22F2N6O2S/c1-3-29-9-7-22-16-14-11-24-27(17(14)26-19(25-16)30-2)8-6-23-18(28)13-5-4-12(20)10-15(13)21/h4-5,10-11H,3,6-9H2,1-2H3,(H,23,28)(H,22,25,26). The SMILES string of the molecule is CCOCCNc1nc(SC)nc2c1cnn2CCNC(=O)c1ccc(F)cc1F. The van der Waals surface area contributed by atoms with Gasteiger partial charge >= 0.3 is 0 Å². The van der Waals surface area contributed by atoms with Crippen molar-refractivity contribution in [2.24, 2.45) is 0 Å². The second kappa shape index (κ2) is 10.3. The number of hydrogen-bond acceptors (Lipinski definition) is 7. The van der Waals surface area contributed by atoms with Gasteiger partial charge in [0.25, 0.3) is 5.91 Å². The summed E-state index contributed by atoms with van der Waals surface area (Å²) in [6.07, 6.45) is 3.53. The zero-order chi connectivity index (χ0) is 21.5. The van der Waals surface area contributed by atoms with Crippen molar-refractivity contribution in [2.45, 2.75) is 18.6 Å². The number of halogens is 2. The number of hydrogen-bond donors (Lipinski definition) is 2. The van der Waals surface area contributed by atoms with Gasteiger partial charge in [-0.3, -0.25) is 4.79 Å². The van der Waals surface area contributed by atoms with E-state index in [1.54, 1.807) is 10.9 Å². The fourth-order valence-electron chi connectivity index (χ4n) is 2.76. The number of carbonyl (C=O) groups is 1. The minimum Gasteiger partial charge on any atom is -0.380 e. The van der Waals surface area contributed by atoms with Gasteiger partial charge in [-0.2, -0.15) is 5.10 Å². The number of rotatable bonds is 10. The maximum atomic E-state index is 13.7. The average Bonchev–Trinajstić information content (AvgIpc) is 3.14. The van der Waals surface area contributed by atoms with Gasteiger partial charge in [0, 0.05) is 25.8 Å². The van der Waals surface area contributed by atoms with Crippen LogP contribution in [-0.4, -0.2) is 58.2 Å². The highest BCUT2D eigenvalue weighted by atomic mass is 32.2. The average molecular weight is 436 g/mol. The lowest BCUT2D eigenvalue weighted by Gasteiger charge is -2.09. The molecule has 2 heterocycles. The molecule has 0 fully saturated rings. The third kappa shape index (κ3) is 5.22. The van der Waals surface area contributed by atoms with E-state index in [-0.39, 0.29) is 12.1 Å². The van der Waals surface area contributed by atoms with Crippen LogP contribution in [0.2, 0.25) is 0 Å². The fraction of sp³-hybridized carbons (Fsp3) is 0.368. The molecule has 0 aliphatic heterocycles. The Bertz CT molecular complexity index is 1030. The Morgan fingerprint density at radius 3 is 2.83 bits per heavy atom. The molecule has 0 radical (unpaired) electrons. The molecule has 3 aromatic rings. The van der Waals surface area contributed by atoms with Gasteiger partial charge in [-0.1, -0.05) is 11.8 Å². The van der Waals surface area contributed by atoms with Crippen molar-refractivity contribution in [3.63, 3.8) is 0 Å². The molecule has 0 saturated carbocycles. The number of thioether (sulfide) groups is 1. The summed E-state index contributed by atoms with van der Waals surface area (Å²) in [7, 11) is 0. The molecule has 1 aromatic carbocycles. The van der Waals surface area contributed by atoms with E-state index in [9.17, 15) is 13.6 Å². The molecule has 0 bridgehead atoms. The van der Waals surface area contributed by atoms with E-state index >= 15 is 0 Å². The van der Waals surface area contributed by atoms with Gasteiger partial charge in [0.2, 0.25) is 0 Å². The van der Waals surface area contributed by atoms with Crippen LogP contribution >= 0.6 is 11.8 Å². The number of aromatic nitrogens is 4. The predicted octanol–water partition coefficient (Wildman–Crippen LogP) is 2.70. The van der Waals surface area contributed by atoms with Crippen LogP contribution in [0.3, 0.4) is 0 Å². The predicted molar refractivity (Wildman–Crippen MR) is 111 cm³/mol. The van der Waals surface area contributed by atoms with E-state index in [1.165, 1.54) is 11.8 Å². The molecule has 8 nitrogen and oxygen atoms in total. The Kier molecular flexibility index (Phi) is 7.52. The molecule has 1 amide bonds. The van der Waals surface area contributed by atoms with Crippen LogP contribution in [0, 0.1) is 11.6 Å². The van der Waals surface area contributed by atoms with Crippen LogP contribution in [0.5, 0.6) is 0 Å². The van der Waals surface area contributed by atoms with Crippen LogP contribution in [0.4, 0.5) is 14.6 Å². The first kappa shape index (κ1) is 21.9. The number of carbonyl (C=O) groups excluding carboxylic acids is 1. The summed E-state index contributed by atoms with van der Waals surface area (Å²) in [5.74, 6) is -1.60. The second-order valence-corrected chi connectivity index (χ2v) is 6.94. The van der Waals surface area contributed by atoms with Crippen molar-refractivity contribution in [3.8, 4) is 0 Å². The van der Waals surface area contributed by atoms with Crippen LogP contribution in [0.1, 0.15) is 17.3 Å². The molecular weight excluding hydrogens is 414 g/mol. The molecule has 0 saturated heterocycles. The summed E-state index contributed by atoms with van der Waals surface area (Å²) in [5, 5.41) is 11.5. The summed E-state index contributed by atoms with van der Waals surface area (Å²) in [6, 6.07) is 2.83.